The van der Waals surface area contributed by atoms with Crippen molar-refractivity contribution >= 4 is 45.0 Å². The van der Waals surface area contributed by atoms with E-state index < -0.39 is 15.9 Å². The van der Waals surface area contributed by atoms with Gasteiger partial charge < -0.3 is 29.2 Å². The van der Waals surface area contributed by atoms with Crippen LogP contribution >= 0.6 is 23.2 Å². The van der Waals surface area contributed by atoms with E-state index in [-0.39, 0.29) is 42.2 Å². The molecule has 1 aliphatic heterocycles. The van der Waals surface area contributed by atoms with Crippen LogP contribution in [0.4, 0.5) is 0 Å². The summed E-state index contributed by atoms with van der Waals surface area (Å²) in [5.41, 5.74) is 4.14. The minimum Gasteiger partial charge on any atom is -0.493 e. The smallest absolute Gasteiger partial charge is 0.236 e. The molecule has 0 spiro atoms. The van der Waals surface area contributed by atoms with Crippen molar-refractivity contribution < 1.29 is 37.0 Å². The average Bonchev–Trinajstić information content (AvgIpc) is 4.08. The van der Waals surface area contributed by atoms with Crippen molar-refractivity contribution in [1.82, 2.24) is 14.9 Å². The zero-order chi connectivity index (χ0) is 39.1. The van der Waals surface area contributed by atoms with Gasteiger partial charge in [-0.3, -0.25) is 14.3 Å². The Morgan fingerprint density at radius 1 is 0.891 bits per heavy atom. The number of amides is 2. The SMILES string of the molecule is COCCCc1cc(CN(C(=O)[C@H]2CNCC[C@@H]2c2ccc(OCCOc3c(Cl)cc(C)cc3Cl)cc2)C2CC2)cc(OC[C@H]2C[C@@H]2C(=O)NS(C)(=O)=O)c1. The first-order valence-electron chi connectivity index (χ1n) is 19.0. The Labute approximate surface area is 334 Å². The maximum Gasteiger partial charge on any atom is 0.236 e. The molecular formula is C41H51Cl2N3O8S. The van der Waals surface area contributed by atoms with E-state index in [9.17, 15) is 18.0 Å². The number of carbonyl (C=O) groups is 2. The van der Waals surface area contributed by atoms with Crippen LogP contribution in [0.15, 0.2) is 54.6 Å². The van der Waals surface area contributed by atoms with Crippen molar-refractivity contribution in [2.24, 2.45) is 17.8 Å². The van der Waals surface area contributed by atoms with Gasteiger partial charge in [0.15, 0.2) is 5.75 Å². The summed E-state index contributed by atoms with van der Waals surface area (Å²) in [5, 5.41) is 4.40. The molecule has 0 bridgehead atoms. The number of benzene rings is 3. The van der Waals surface area contributed by atoms with Gasteiger partial charge >= 0.3 is 0 Å². The van der Waals surface area contributed by atoms with Gasteiger partial charge in [0.2, 0.25) is 21.8 Å². The van der Waals surface area contributed by atoms with E-state index in [0.29, 0.717) is 66.6 Å². The van der Waals surface area contributed by atoms with Crippen LogP contribution in [0.25, 0.3) is 0 Å². The molecule has 3 fully saturated rings. The first-order valence-corrected chi connectivity index (χ1v) is 21.6. The summed E-state index contributed by atoms with van der Waals surface area (Å²) in [4.78, 5) is 28.9. The van der Waals surface area contributed by atoms with Crippen molar-refractivity contribution in [2.45, 2.75) is 64.0 Å². The highest BCUT2D eigenvalue weighted by molar-refractivity contribution is 7.89. The van der Waals surface area contributed by atoms with Gasteiger partial charge in [-0.05, 0) is 117 Å². The number of nitrogens with one attached hydrogen (secondary N) is 2. The van der Waals surface area contributed by atoms with Crippen molar-refractivity contribution in [3.63, 3.8) is 0 Å². The summed E-state index contributed by atoms with van der Waals surface area (Å²) < 4.78 is 48.4. The lowest BCUT2D eigenvalue weighted by Crippen LogP contribution is -2.47. The zero-order valence-corrected chi connectivity index (χ0v) is 34.0. The van der Waals surface area contributed by atoms with Gasteiger partial charge in [-0.2, -0.15) is 0 Å². The van der Waals surface area contributed by atoms with E-state index >= 15 is 0 Å². The van der Waals surface area contributed by atoms with E-state index in [4.69, 9.17) is 42.1 Å². The third-order valence-corrected chi connectivity index (χ3v) is 11.5. The van der Waals surface area contributed by atoms with Crippen LogP contribution in [0.1, 0.15) is 60.3 Å². The Balaban J connectivity index is 1.09. The second kappa shape index (κ2) is 18.6. The number of nitrogens with zero attached hydrogens (tertiary/aromatic N) is 1. The molecule has 3 aromatic rings. The van der Waals surface area contributed by atoms with Gasteiger partial charge in [-0.25, -0.2) is 8.42 Å². The molecule has 55 heavy (non-hydrogen) atoms. The standard InChI is InChI=1S/C41H51Cl2N3O8S/c1-26-17-37(42)39(38(43)18-26)53-16-15-52-32-10-6-29(7-11-32)34-12-13-44-23-36(34)41(48)46(31-8-9-31)24-28-19-27(5-4-14-51-2)20-33(21-28)54-25-30-22-35(30)40(47)45-55(3,49)50/h6-7,10-11,17-21,30-31,34-36,44H,4-5,8-9,12-16,22-25H2,1-3H3,(H,45,47)/t30-,34-,35+,36+/m1/s1. The maximum absolute atomic E-state index is 14.5. The molecule has 298 valence electrons. The molecule has 3 aromatic carbocycles. The Morgan fingerprint density at radius 3 is 2.29 bits per heavy atom. The molecule has 2 saturated carbocycles. The summed E-state index contributed by atoms with van der Waals surface area (Å²) in [6, 6.07) is 18.0. The Kier molecular flexibility index (Phi) is 13.9. The largest absolute Gasteiger partial charge is 0.493 e. The van der Waals surface area contributed by atoms with Crippen LogP contribution in [0, 0.1) is 24.7 Å². The normalized spacial score (nSPS) is 20.7. The van der Waals surface area contributed by atoms with Crippen LogP contribution in [0.5, 0.6) is 17.2 Å². The minimum absolute atomic E-state index is 0.0550. The van der Waals surface area contributed by atoms with Crippen LogP contribution in [0.3, 0.4) is 0 Å². The van der Waals surface area contributed by atoms with Crippen LogP contribution in [-0.2, 0) is 37.3 Å². The Morgan fingerprint density at radius 2 is 1.60 bits per heavy atom. The Hall–Kier alpha value is -3.55. The van der Waals surface area contributed by atoms with Gasteiger partial charge in [-0.1, -0.05) is 41.4 Å². The molecule has 1 saturated heterocycles. The molecule has 2 amide bonds. The molecule has 11 nitrogen and oxygen atoms in total. The number of aryl methyl sites for hydroxylation is 2. The van der Waals surface area contributed by atoms with Crippen molar-refractivity contribution in [3.8, 4) is 17.2 Å². The van der Waals surface area contributed by atoms with Gasteiger partial charge in [0, 0.05) is 44.7 Å². The van der Waals surface area contributed by atoms with E-state index in [1.807, 2.05) is 43.3 Å². The predicted octanol–water partition coefficient (Wildman–Crippen LogP) is 6.31. The highest BCUT2D eigenvalue weighted by Gasteiger charge is 2.44. The van der Waals surface area contributed by atoms with Crippen molar-refractivity contribution in [2.75, 3.05) is 52.9 Å². The summed E-state index contributed by atoms with van der Waals surface area (Å²) in [6.45, 7) is 5.35. The van der Waals surface area contributed by atoms with Gasteiger partial charge in [0.25, 0.3) is 0 Å². The van der Waals surface area contributed by atoms with Gasteiger partial charge in [-0.15, -0.1) is 0 Å². The maximum atomic E-state index is 14.5. The lowest BCUT2D eigenvalue weighted by atomic mass is 9.80. The number of hydrogen-bond acceptors (Lipinski definition) is 9. The van der Waals surface area contributed by atoms with E-state index in [0.717, 1.165) is 67.2 Å². The summed E-state index contributed by atoms with van der Waals surface area (Å²) in [6.07, 6.45) is 5.98. The number of hydrogen-bond donors (Lipinski definition) is 2. The second-order valence-corrected chi connectivity index (χ2v) is 17.5. The number of piperidine rings is 1. The number of sulfonamides is 1. The van der Waals surface area contributed by atoms with E-state index in [2.05, 4.69) is 33.1 Å². The monoisotopic (exact) mass is 815 g/mol. The molecule has 0 unspecified atom stereocenters. The highest BCUT2D eigenvalue weighted by Crippen LogP contribution is 2.40. The van der Waals surface area contributed by atoms with Crippen LogP contribution < -0.4 is 24.2 Å². The lowest BCUT2D eigenvalue weighted by molar-refractivity contribution is -0.138. The van der Waals surface area contributed by atoms with Crippen LogP contribution in [0.2, 0.25) is 10.0 Å². The fraction of sp³-hybridized carbons (Fsp3) is 0.512. The molecule has 3 aliphatic rings. The minimum atomic E-state index is -3.61. The molecule has 0 radical (unpaired) electrons. The van der Waals surface area contributed by atoms with Crippen molar-refractivity contribution in [1.29, 1.82) is 0 Å². The molecule has 14 heteroatoms. The average molecular weight is 817 g/mol. The molecule has 6 rings (SSSR count). The van der Waals surface area contributed by atoms with Gasteiger partial charge in [0.05, 0.1) is 28.8 Å². The Bertz CT molecular complexity index is 1900. The first kappa shape index (κ1) is 41.1. The molecule has 4 atom stereocenters. The second-order valence-electron chi connectivity index (χ2n) is 15.0. The summed E-state index contributed by atoms with van der Waals surface area (Å²) in [7, 11) is -1.92. The number of rotatable bonds is 19. The molecule has 1 heterocycles. The lowest BCUT2D eigenvalue weighted by Gasteiger charge is -2.36. The summed E-state index contributed by atoms with van der Waals surface area (Å²) >= 11 is 12.6. The zero-order valence-electron chi connectivity index (χ0n) is 31.7. The van der Waals surface area contributed by atoms with E-state index in [1.165, 1.54) is 0 Å². The quantitative estimate of drug-likeness (QED) is 0.134. The first-order chi connectivity index (χ1) is 26.4. The summed E-state index contributed by atoms with van der Waals surface area (Å²) in [5.74, 6) is 0.900. The number of ether oxygens (including phenoxy) is 4. The highest BCUT2D eigenvalue weighted by atomic mass is 35.5. The molecule has 2 aliphatic carbocycles. The number of halogens is 2. The number of carbonyl (C=O) groups excluding carboxylic acids is 2. The molecule has 2 N–H and O–H groups in total. The molecule has 0 aromatic heterocycles. The van der Waals surface area contributed by atoms with Gasteiger partial charge in [0.1, 0.15) is 24.7 Å². The third-order valence-electron chi connectivity index (χ3n) is 10.3. The van der Waals surface area contributed by atoms with Crippen molar-refractivity contribution in [3.05, 3.63) is 86.9 Å². The molecular weight excluding hydrogens is 765 g/mol. The fourth-order valence-electron chi connectivity index (χ4n) is 7.32. The third kappa shape index (κ3) is 11.7. The topological polar surface area (TPSA) is 132 Å². The fourth-order valence-corrected chi connectivity index (χ4v) is 8.54. The van der Waals surface area contributed by atoms with E-state index in [1.54, 1.807) is 7.11 Å². The number of methoxy groups -OCH3 is 1. The predicted molar refractivity (Wildman–Crippen MR) is 213 cm³/mol. The van der Waals surface area contributed by atoms with Crippen LogP contribution in [-0.4, -0.2) is 84.1 Å².